The van der Waals surface area contributed by atoms with E-state index in [9.17, 15) is 14.4 Å². The number of ether oxygens (including phenoxy) is 1. The summed E-state index contributed by atoms with van der Waals surface area (Å²) in [6.45, 7) is 2.56. The van der Waals surface area contributed by atoms with E-state index < -0.39 is 17.8 Å². The smallest absolute Gasteiger partial charge is 0.337 e. The average Bonchev–Trinajstić information content (AvgIpc) is 2.54. The highest BCUT2D eigenvalue weighted by molar-refractivity contribution is 6.39. The van der Waals surface area contributed by atoms with Crippen LogP contribution in [-0.2, 0) is 14.3 Å². The molecule has 1 aliphatic heterocycles. The van der Waals surface area contributed by atoms with E-state index in [1.54, 1.807) is 18.2 Å². The molecule has 0 aliphatic carbocycles. The first-order valence-electron chi connectivity index (χ1n) is 6.98. The molecule has 0 atom stereocenters. The van der Waals surface area contributed by atoms with Crippen LogP contribution in [0.2, 0.25) is 0 Å². The molecule has 2 rings (SSSR count). The molecule has 22 heavy (non-hydrogen) atoms. The summed E-state index contributed by atoms with van der Waals surface area (Å²) in [5.41, 5.74) is 0.697. The van der Waals surface area contributed by atoms with Gasteiger partial charge in [-0.2, -0.15) is 0 Å². The van der Waals surface area contributed by atoms with E-state index in [2.05, 4.69) is 15.0 Å². The second-order valence-electron chi connectivity index (χ2n) is 5.12. The van der Waals surface area contributed by atoms with Crippen LogP contribution in [0.1, 0.15) is 10.4 Å². The molecule has 1 aromatic rings. The van der Waals surface area contributed by atoms with Gasteiger partial charge in [0.15, 0.2) is 0 Å². The van der Waals surface area contributed by atoms with Gasteiger partial charge < -0.3 is 19.9 Å². The number of benzene rings is 1. The van der Waals surface area contributed by atoms with Crippen molar-refractivity contribution in [2.45, 2.75) is 0 Å². The summed E-state index contributed by atoms with van der Waals surface area (Å²) < 4.78 is 4.62. The van der Waals surface area contributed by atoms with Crippen molar-refractivity contribution in [3.63, 3.8) is 0 Å². The molecule has 0 spiro atoms. The molecular formula is C15H19N3O4. The monoisotopic (exact) mass is 305 g/mol. The van der Waals surface area contributed by atoms with Gasteiger partial charge in [-0.25, -0.2) is 4.79 Å². The molecule has 0 unspecified atom stereocenters. The number of carbonyl (C=O) groups excluding carboxylic acids is 3. The number of nitrogens with one attached hydrogen (secondary N) is 1. The quantitative estimate of drug-likeness (QED) is 0.623. The third-order valence-corrected chi connectivity index (χ3v) is 3.53. The largest absolute Gasteiger partial charge is 0.465 e. The normalized spacial score (nSPS) is 15.3. The Morgan fingerprint density at radius 2 is 1.82 bits per heavy atom. The van der Waals surface area contributed by atoms with Crippen LogP contribution in [0.15, 0.2) is 24.3 Å². The molecule has 0 bridgehead atoms. The van der Waals surface area contributed by atoms with Crippen LogP contribution < -0.4 is 5.32 Å². The standard InChI is InChI=1S/C15H19N3O4/c1-17-6-8-18(9-7-17)14(20)13(19)16-12-5-3-4-11(10-12)15(21)22-2/h3-5,10H,6-9H2,1-2H3,(H,16,19). The molecule has 0 saturated carbocycles. The Morgan fingerprint density at radius 1 is 1.14 bits per heavy atom. The summed E-state index contributed by atoms with van der Waals surface area (Å²) in [4.78, 5) is 39.2. The topological polar surface area (TPSA) is 78.9 Å². The van der Waals surface area contributed by atoms with E-state index in [0.29, 0.717) is 24.3 Å². The fourth-order valence-electron chi connectivity index (χ4n) is 2.18. The number of hydrogen-bond donors (Lipinski definition) is 1. The fourth-order valence-corrected chi connectivity index (χ4v) is 2.18. The number of esters is 1. The van der Waals surface area contributed by atoms with Gasteiger partial charge in [0.25, 0.3) is 0 Å². The minimum atomic E-state index is -0.702. The molecule has 0 aromatic heterocycles. The van der Waals surface area contributed by atoms with Gasteiger partial charge in [-0.05, 0) is 25.2 Å². The zero-order chi connectivity index (χ0) is 16.1. The van der Waals surface area contributed by atoms with E-state index in [1.807, 2.05) is 7.05 Å². The van der Waals surface area contributed by atoms with Crippen LogP contribution in [0, 0.1) is 0 Å². The lowest BCUT2D eigenvalue weighted by molar-refractivity contribution is -0.144. The van der Waals surface area contributed by atoms with E-state index in [0.717, 1.165) is 13.1 Å². The maximum absolute atomic E-state index is 12.1. The Morgan fingerprint density at radius 3 is 2.45 bits per heavy atom. The summed E-state index contributed by atoms with van der Waals surface area (Å²) in [6.07, 6.45) is 0. The molecule has 0 radical (unpaired) electrons. The minimum absolute atomic E-state index is 0.312. The first-order valence-corrected chi connectivity index (χ1v) is 6.98. The van der Waals surface area contributed by atoms with Crippen molar-refractivity contribution in [3.05, 3.63) is 29.8 Å². The Hall–Kier alpha value is -2.41. The van der Waals surface area contributed by atoms with E-state index in [1.165, 1.54) is 18.1 Å². The first-order chi connectivity index (χ1) is 10.5. The molecule has 1 fully saturated rings. The second kappa shape index (κ2) is 7.04. The van der Waals surface area contributed by atoms with Gasteiger partial charge in [-0.1, -0.05) is 6.07 Å². The Bertz CT molecular complexity index is 580. The van der Waals surface area contributed by atoms with Gasteiger partial charge in [0.05, 0.1) is 12.7 Å². The summed E-state index contributed by atoms with van der Waals surface area (Å²) in [5, 5.41) is 2.52. The van der Waals surface area contributed by atoms with Crippen molar-refractivity contribution < 1.29 is 19.1 Å². The third-order valence-electron chi connectivity index (χ3n) is 3.53. The SMILES string of the molecule is COC(=O)c1cccc(NC(=O)C(=O)N2CCN(C)CC2)c1. The van der Waals surface area contributed by atoms with Crippen molar-refractivity contribution in [3.8, 4) is 0 Å². The van der Waals surface area contributed by atoms with Gasteiger partial charge in [0, 0.05) is 31.9 Å². The van der Waals surface area contributed by atoms with Crippen molar-refractivity contribution in [1.29, 1.82) is 0 Å². The van der Waals surface area contributed by atoms with Crippen molar-refractivity contribution in [2.24, 2.45) is 0 Å². The van der Waals surface area contributed by atoms with Crippen molar-refractivity contribution >= 4 is 23.5 Å². The lowest BCUT2D eigenvalue weighted by Gasteiger charge is -2.31. The molecule has 1 heterocycles. The number of methoxy groups -OCH3 is 1. The molecule has 1 N–H and O–H groups in total. The number of likely N-dealkylation sites (N-methyl/N-ethyl adjacent to an activating group) is 1. The second-order valence-corrected chi connectivity index (χ2v) is 5.12. The lowest BCUT2D eigenvalue weighted by atomic mass is 10.2. The van der Waals surface area contributed by atoms with Crippen LogP contribution in [-0.4, -0.2) is 67.9 Å². The van der Waals surface area contributed by atoms with Gasteiger partial charge in [-0.3, -0.25) is 9.59 Å². The van der Waals surface area contributed by atoms with E-state index >= 15 is 0 Å². The zero-order valence-corrected chi connectivity index (χ0v) is 12.7. The predicted octanol–water partition coefficient (Wildman–Crippen LogP) is 0.186. The number of piperazine rings is 1. The Kier molecular flexibility index (Phi) is 5.11. The minimum Gasteiger partial charge on any atom is -0.465 e. The van der Waals surface area contributed by atoms with Gasteiger partial charge in [0.2, 0.25) is 0 Å². The highest BCUT2D eigenvalue weighted by Crippen LogP contribution is 2.12. The number of carbonyl (C=O) groups is 3. The molecule has 1 aliphatic rings. The molecule has 118 valence electrons. The number of hydrogen-bond acceptors (Lipinski definition) is 5. The molecule has 7 nitrogen and oxygen atoms in total. The van der Waals surface area contributed by atoms with Crippen LogP contribution in [0.5, 0.6) is 0 Å². The highest BCUT2D eigenvalue weighted by atomic mass is 16.5. The van der Waals surface area contributed by atoms with Gasteiger partial charge >= 0.3 is 17.8 Å². The number of rotatable bonds is 2. The van der Waals surface area contributed by atoms with Crippen LogP contribution in [0.25, 0.3) is 0 Å². The predicted molar refractivity (Wildman–Crippen MR) is 80.5 cm³/mol. The molecule has 1 saturated heterocycles. The molecule has 2 amide bonds. The third kappa shape index (κ3) is 3.82. The van der Waals surface area contributed by atoms with Crippen molar-refractivity contribution in [2.75, 3.05) is 45.7 Å². The summed E-state index contributed by atoms with van der Waals surface area (Å²) in [5.74, 6) is -1.76. The number of anilines is 1. The van der Waals surface area contributed by atoms with E-state index in [-0.39, 0.29) is 0 Å². The molecule has 7 heteroatoms. The van der Waals surface area contributed by atoms with Gasteiger partial charge in [0.1, 0.15) is 0 Å². The summed E-state index contributed by atoms with van der Waals surface area (Å²) in [7, 11) is 3.25. The fraction of sp³-hybridized carbons (Fsp3) is 0.400. The van der Waals surface area contributed by atoms with E-state index in [4.69, 9.17) is 0 Å². The highest BCUT2D eigenvalue weighted by Gasteiger charge is 2.25. The Labute approximate surface area is 128 Å². The number of amides is 2. The Balaban J connectivity index is 1.99. The van der Waals surface area contributed by atoms with Crippen molar-refractivity contribution in [1.82, 2.24) is 9.80 Å². The first kappa shape index (κ1) is 16.0. The zero-order valence-electron chi connectivity index (χ0n) is 12.7. The van der Waals surface area contributed by atoms with Crippen LogP contribution in [0.3, 0.4) is 0 Å². The summed E-state index contributed by atoms with van der Waals surface area (Å²) >= 11 is 0. The van der Waals surface area contributed by atoms with Crippen LogP contribution in [0.4, 0.5) is 5.69 Å². The maximum atomic E-state index is 12.1. The molecular weight excluding hydrogens is 286 g/mol. The number of nitrogens with zero attached hydrogens (tertiary/aromatic N) is 2. The average molecular weight is 305 g/mol. The lowest BCUT2D eigenvalue weighted by Crippen LogP contribution is -2.50. The van der Waals surface area contributed by atoms with Crippen LogP contribution >= 0.6 is 0 Å². The maximum Gasteiger partial charge on any atom is 0.337 e. The summed E-state index contributed by atoms with van der Waals surface area (Å²) in [6, 6.07) is 6.27. The van der Waals surface area contributed by atoms with Gasteiger partial charge in [-0.15, -0.1) is 0 Å². The molecule has 1 aromatic carbocycles.